The van der Waals surface area contributed by atoms with Gasteiger partial charge in [-0.15, -0.1) is 0 Å². The second kappa shape index (κ2) is 25.1. The molecule has 0 aliphatic carbocycles. The molecule has 15 valence electrons. The molecule has 0 aromatic carbocycles. The van der Waals surface area contributed by atoms with Crippen LogP contribution in [0.3, 0.4) is 0 Å². The Labute approximate surface area is 112 Å². The smallest absolute Gasteiger partial charge is 0 e. The number of rotatable bonds is 0. The van der Waals surface area contributed by atoms with Crippen molar-refractivity contribution in [3.8, 4) is 0 Å². The van der Waals surface area contributed by atoms with Gasteiger partial charge in [0.1, 0.15) is 0 Å². The molecule has 0 heterocycles. The molecule has 5 heavy (non-hydrogen) atoms. The summed E-state index contributed by atoms with van der Waals surface area (Å²) in [6, 6.07) is 0. The van der Waals surface area contributed by atoms with E-state index in [1.807, 2.05) is 0 Å². The summed E-state index contributed by atoms with van der Waals surface area (Å²) in [6.45, 7) is 0. The normalized spacial score (nSPS) is 0. The van der Waals surface area contributed by atoms with E-state index in [1.165, 1.54) is 0 Å². The summed E-state index contributed by atoms with van der Waals surface area (Å²) in [5, 5.41) is 0. The van der Waals surface area contributed by atoms with E-state index in [1.54, 1.807) is 0 Å². The van der Waals surface area contributed by atoms with E-state index in [-0.39, 0.29) is 115 Å². The van der Waals surface area contributed by atoms with Gasteiger partial charge in [0.15, 0.2) is 0 Å². The molecule has 13 radical (unpaired) electrons. The second-order valence-electron chi connectivity index (χ2n) is 0. The van der Waals surface area contributed by atoms with Crippen molar-refractivity contribution in [1.29, 1.82) is 0 Å². The summed E-state index contributed by atoms with van der Waals surface area (Å²) in [6.07, 6.45) is 0. The summed E-state index contributed by atoms with van der Waals surface area (Å²) in [5.74, 6) is 0. The summed E-state index contributed by atoms with van der Waals surface area (Å²) in [4.78, 5) is 0. The third kappa shape index (κ3) is 18.2. The van der Waals surface area contributed by atoms with Gasteiger partial charge in [0, 0.05) is 115 Å². The molecular formula is Ga4La. The fourth-order valence-corrected chi connectivity index (χ4v) is 0. The molecule has 0 spiro atoms. The van der Waals surface area contributed by atoms with Gasteiger partial charge in [0.25, 0.3) is 0 Å². The average Bonchev–Trinajstić information content (AvgIpc) is 0. The Hall–Kier alpha value is 3.74. The van der Waals surface area contributed by atoms with E-state index in [2.05, 4.69) is 0 Å². The molecule has 0 amide bonds. The van der Waals surface area contributed by atoms with Gasteiger partial charge in [0.05, 0.1) is 0 Å². The van der Waals surface area contributed by atoms with Crippen molar-refractivity contribution in [2.24, 2.45) is 0 Å². The van der Waals surface area contributed by atoms with Crippen molar-refractivity contribution in [2.45, 2.75) is 0 Å². The third-order valence-electron chi connectivity index (χ3n) is 0. The number of hydrogen-bond acceptors (Lipinski definition) is 0. The molecule has 5 heteroatoms. The van der Waals surface area contributed by atoms with Crippen molar-refractivity contribution in [1.82, 2.24) is 0 Å². The van der Waals surface area contributed by atoms with Crippen LogP contribution < -0.4 is 0 Å². The molecule has 0 saturated carbocycles. The average molecular weight is 418 g/mol. The molecule has 0 aliphatic heterocycles. The van der Waals surface area contributed by atoms with E-state index in [9.17, 15) is 0 Å². The zero-order valence-electron chi connectivity index (χ0n) is 2.89. The van der Waals surface area contributed by atoms with Crippen LogP contribution in [0.1, 0.15) is 0 Å². The zero-order chi connectivity index (χ0) is 0. The Morgan fingerprint density at radius 3 is 0.400 bits per heavy atom. The molecule has 0 aromatic rings. The summed E-state index contributed by atoms with van der Waals surface area (Å²) >= 11 is 0. The second-order valence-corrected chi connectivity index (χ2v) is 0. The monoisotopic (exact) mass is 415 g/mol. The minimum Gasteiger partial charge on any atom is 0 e. The van der Waals surface area contributed by atoms with Gasteiger partial charge < -0.3 is 0 Å². The molecular weight excluding hydrogens is 418 g/mol. The van der Waals surface area contributed by atoms with E-state index >= 15 is 0 Å². The van der Waals surface area contributed by atoms with Crippen molar-refractivity contribution >= 4 is 79.2 Å². The molecule has 0 rings (SSSR count). The van der Waals surface area contributed by atoms with E-state index in [0.29, 0.717) is 0 Å². The topological polar surface area (TPSA) is 0 Å². The van der Waals surface area contributed by atoms with Crippen LogP contribution in [0.2, 0.25) is 0 Å². The van der Waals surface area contributed by atoms with Crippen LogP contribution in [-0.2, 0) is 0 Å². The van der Waals surface area contributed by atoms with Crippen LogP contribution >= 0.6 is 0 Å². The first-order valence-corrected chi connectivity index (χ1v) is 0. The Bertz CT molecular complexity index is 3.61. The minimum atomic E-state index is 0. The molecule has 0 fully saturated rings. The first-order valence-electron chi connectivity index (χ1n) is 0. The Morgan fingerprint density at radius 1 is 0.400 bits per heavy atom. The molecule has 0 aromatic heterocycles. The van der Waals surface area contributed by atoms with Gasteiger partial charge >= 0.3 is 0 Å². The maximum Gasteiger partial charge on any atom is 0 e. The fraction of sp³-hybridized carbons (Fsp3) is 0. The van der Waals surface area contributed by atoms with Crippen LogP contribution in [0.5, 0.6) is 0 Å². The van der Waals surface area contributed by atoms with Crippen LogP contribution in [0.4, 0.5) is 0 Å². The molecule has 0 atom stereocenters. The summed E-state index contributed by atoms with van der Waals surface area (Å²) in [5.41, 5.74) is 0. The van der Waals surface area contributed by atoms with Crippen LogP contribution in [-0.4, -0.2) is 79.2 Å². The first-order chi connectivity index (χ1) is 0. The van der Waals surface area contributed by atoms with Crippen LogP contribution in [0.15, 0.2) is 0 Å². The summed E-state index contributed by atoms with van der Waals surface area (Å²) < 4.78 is 0. The molecule has 0 N–H and O–H groups in total. The standard InChI is InChI=1S/4Ga.La. The van der Waals surface area contributed by atoms with Crippen LogP contribution in [0.25, 0.3) is 0 Å². The SMILES string of the molecule is [Ga].[Ga].[Ga].[Ga].[La]. The van der Waals surface area contributed by atoms with Crippen LogP contribution in [0, 0.1) is 35.6 Å². The largest absolute Gasteiger partial charge is 0 e. The van der Waals surface area contributed by atoms with Gasteiger partial charge in [-0.25, -0.2) is 0 Å². The molecule has 0 unspecified atom stereocenters. The van der Waals surface area contributed by atoms with E-state index in [0.717, 1.165) is 0 Å². The number of hydrogen-bond donors (Lipinski definition) is 0. The van der Waals surface area contributed by atoms with Gasteiger partial charge in [-0.2, -0.15) is 0 Å². The predicted molar refractivity (Wildman–Crippen MR) is 23.0 cm³/mol. The molecule has 0 aliphatic rings. The zero-order valence-corrected chi connectivity index (χ0v) is 16.2. The minimum absolute atomic E-state index is 0. The van der Waals surface area contributed by atoms with Gasteiger partial charge in [-0.05, 0) is 0 Å². The van der Waals surface area contributed by atoms with Crippen molar-refractivity contribution in [3.63, 3.8) is 0 Å². The Kier molecular flexibility index (Phi) is 188. The van der Waals surface area contributed by atoms with E-state index in [4.69, 9.17) is 0 Å². The van der Waals surface area contributed by atoms with Crippen molar-refractivity contribution in [2.75, 3.05) is 0 Å². The Balaban J connectivity index is 0. The quantitative estimate of drug-likeness (QED) is 0.420. The maximum atomic E-state index is 0. The maximum absolute atomic E-state index is 0. The summed E-state index contributed by atoms with van der Waals surface area (Å²) in [7, 11) is 0. The van der Waals surface area contributed by atoms with Crippen molar-refractivity contribution < 1.29 is 35.6 Å². The first kappa shape index (κ1) is 37.4. The Morgan fingerprint density at radius 2 is 0.400 bits per heavy atom. The molecule has 0 bridgehead atoms. The van der Waals surface area contributed by atoms with E-state index < -0.39 is 0 Å². The predicted octanol–water partition coefficient (Wildman–Crippen LogP) is -1.52. The van der Waals surface area contributed by atoms with Gasteiger partial charge in [0.2, 0.25) is 0 Å². The molecule has 0 nitrogen and oxygen atoms in total. The third-order valence-corrected chi connectivity index (χ3v) is 0. The fourth-order valence-electron chi connectivity index (χ4n) is 0. The molecule has 0 saturated heterocycles. The van der Waals surface area contributed by atoms with Gasteiger partial charge in [-0.1, -0.05) is 0 Å². The van der Waals surface area contributed by atoms with Gasteiger partial charge in [-0.3, -0.25) is 0 Å². The van der Waals surface area contributed by atoms with Crippen molar-refractivity contribution in [3.05, 3.63) is 0 Å².